The van der Waals surface area contributed by atoms with E-state index in [1.54, 1.807) is 23.7 Å². The van der Waals surface area contributed by atoms with Crippen molar-refractivity contribution in [3.05, 3.63) is 87.4 Å². The summed E-state index contributed by atoms with van der Waals surface area (Å²) in [5, 5.41) is 10.6. The van der Waals surface area contributed by atoms with E-state index in [4.69, 9.17) is 0 Å². The summed E-state index contributed by atoms with van der Waals surface area (Å²) in [6, 6.07) is 9.65. The van der Waals surface area contributed by atoms with Gasteiger partial charge in [0.15, 0.2) is 0 Å². The Hall–Kier alpha value is -3.85. The van der Waals surface area contributed by atoms with Gasteiger partial charge in [0.1, 0.15) is 17.3 Å². The van der Waals surface area contributed by atoms with Crippen molar-refractivity contribution in [1.82, 2.24) is 14.5 Å². The van der Waals surface area contributed by atoms with E-state index < -0.39 is 23.2 Å². The fourth-order valence-electron chi connectivity index (χ4n) is 3.87. The molecule has 0 atom stereocenters. The zero-order valence-electron chi connectivity index (χ0n) is 15.7. The van der Waals surface area contributed by atoms with E-state index in [0.717, 1.165) is 22.9 Å². The van der Waals surface area contributed by atoms with Crippen molar-refractivity contribution in [3.63, 3.8) is 0 Å². The minimum Gasteiger partial charge on any atom is -0.477 e. The lowest BCUT2D eigenvalue weighted by atomic mass is 10.0. The highest BCUT2D eigenvalue weighted by Crippen LogP contribution is 2.39. The summed E-state index contributed by atoms with van der Waals surface area (Å²) < 4.78 is 30.4. The van der Waals surface area contributed by atoms with Crippen LogP contribution >= 0.6 is 11.3 Å². The molecule has 31 heavy (non-hydrogen) atoms. The van der Waals surface area contributed by atoms with Gasteiger partial charge in [0.25, 0.3) is 5.56 Å². The summed E-state index contributed by atoms with van der Waals surface area (Å²) in [6.45, 7) is -0.234. The first-order chi connectivity index (χ1) is 15.0. The second kappa shape index (κ2) is 7.13. The first-order valence-electron chi connectivity index (χ1n) is 9.19. The van der Waals surface area contributed by atoms with Crippen molar-refractivity contribution in [2.24, 2.45) is 0 Å². The molecule has 0 radical (unpaired) electrons. The van der Waals surface area contributed by atoms with E-state index in [0.29, 0.717) is 16.4 Å². The zero-order valence-corrected chi connectivity index (χ0v) is 16.5. The Morgan fingerprint density at radius 3 is 2.81 bits per heavy atom. The van der Waals surface area contributed by atoms with Crippen molar-refractivity contribution in [3.8, 4) is 11.1 Å². The molecule has 3 aromatic heterocycles. The number of hydrogen-bond donors (Lipinski definition) is 2. The number of thiazole rings is 1. The molecule has 0 aliphatic carbocycles. The fourth-order valence-corrected chi connectivity index (χ4v) is 4.55. The highest BCUT2D eigenvalue weighted by atomic mass is 32.1. The average Bonchev–Trinajstić information content (AvgIpc) is 3.33. The predicted molar refractivity (Wildman–Crippen MR) is 114 cm³/mol. The van der Waals surface area contributed by atoms with Gasteiger partial charge >= 0.3 is 5.97 Å². The van der Waals surface area contributed by atoms with Crippen LogP contribution in [0.3, 0.4) is 0 Å². The van der Waals surface area contributed by atoms with Crippen LogP contribution in [-0.4, -0.2) is 25.6 Å². The fraction of sp³-hybridized carbons (Fsp3) is 0.0455. The maximum atomic E-state index is 14.4. The lowest BCUT2D eigenvalue weighted by Gasteiger charge is -2.10. The van der Waals surface area contributed by atoms with Crippen molar-refractivity contribution in [1.29, 1.82) is 0 Å². The minimum absolute atomic E-state index is 0.00806. The van der Waals surface area contributed by atoms with Gasteiger partial charge in [0.05, 0.1) is 33.4 Å². The summed E-state index contributed by atoms with van der Waals surface area (Å²) in [5.74, 6) is -2.59. The van der Waals surface area contributed by atoms with Crippen molar-refractivity contribution < 1.29 is 18.7 Å². The third-order valence-electron chi connectivity index (χ3n) is 5.15. The Morgan fingerprint density at radius 2 is 2.03 bits per heavy atom. The standard InChI is InChI=1S/C22H13F2N3O3S/c23-12-3-4-14(24)11(8-12)9-27-15-5-6-16-19(26-10-31-16)18(15)17(20(27)22(29)30)13-2-1-7-25-21(13)28/h1-8,10H,9H2,(H,25,28)(H,29,30). The molecule has 6 nitrogen and oxygen atoms in total. The van der Waals surface area contributed by atoms with Gasteiger partial charge in [-0.2, -0.15) is 0 Å². The largest absolute Gasteiger partial charge is 0.477 e. The van der Waals surface area contributed by atoms with E-state index in [2.05, 4.69) is 9.97 Å². The van der Waals surface area contributed by atoms with Crippen LogP contribution in [0.1, 0.15) is 16.1 Å². The first-order valence-corrected chi connectivity index (χ1v) is 10.1. The number of carboxylic acid groups (broad SMARTS) is 1. The van der Waals surface area contributed by atoms with Crippen molar-refractivity contribution in [2.75, 3.05) is 0 Å². The third kappa shape index (κ3) is 3.01. The summed E-state index contributed by atoms with van der Waals surface area (Å²) in [6.07, 6.45) is 1.45. The number of aromatic nitrogens is 3. The smallest absolute Gasteiger partial charge is 0.353 e. The molecule has 0 saturated heterocycles. The molecule has 0 amide bonds. The quantitative estimate of drug-likeness (QED) is 0.429. The number of benzene rings is 2. The van der Waals surface area contributed by atoms with E-state index in [1.807, 2.05) is 0 Å². The van der Waals surface area contributed by atoms with Crippen LogP contribution in [-0.2, 0) is 6.54 Å². The molecule has 0 spiro atoms. The number of H-pyrrole nitrogens is 1. The Labute approximate surface area is 177 Å². The van der Waals surface area contributed by atoms with Gasteiger partial charge in [0.2, 0.25) is 0 Å². The normalized spacial score (nSPS) is 11.4. The number of halogens is 2. The van der Waals surface area contributed by atoms with Gasteiger partial charge < -0.3 is 14.7 Å². The zero-order chi connectivity index (χ0) is 21.7. The third-order valence-corrected chi connectivity index (χ3v) is 5.95. The second-order valence-electron chi connectivity index (χ2n) is 6.92. The minimum atomic E-state index is -1.30. The Kier molecular flexibility index (Phi) is 4.40. The van der Waals surface area contributed by atoms with E-state index >= 15 is 0 Å². The Morgan fingerprint density at radius 1 is 1.19 bits per heavy atom. The van der Waals surface area contributed by atoms with Crippen LogP contribution < -0.4 is 5.56 Å². The monoisotopic (exact) mass is 437 g/mol. The number of aromatic amines is 1. The molecule has 2 N–H and O–H groups in total. The number of fused-ring (bicyclic) bond motifs is 3. The van der Waals surface area contributed by atoms with Crippen LogP contribution in [0.25, 0.3) is 32.2 Å². The molecule has 9 heteroatoms. The number of nitrogens with zero attached hydrogens (tertiary/aromatic N) is 2. The molecule has 0 unspecified atom stereocenters. The molecule has 0 aliphatic rings. The SMILES string of the molecule is O=C(O)c1c(-c2ccc[nH]c2=O)c2c3ncsc3ccc2n1Cc1cc(F)ccc1F. The van der Waals surface area contributed by atoms with Gasteiger partial charge in [-0.25, -0.2) is 18.6 Å². The van der Waals surface area contributed by atoms with Gasteiger partial charge in [-0.3, -0.25) is 4.79 Å². The highest BCUT2D eigenvalue weighted by Gasteiger charge is 2.27. The molecule has 5 rings (SSSR count). The molecule has 0 saturated carbocycles. The maximum absolute atomic E-state index is 14.4. The first kappa shape index (κ1) is 19.1. The van der Waals surface area contributed by atoms with E-state index in [1.165, 1.54) is 28.2 Å². The summed E-state index contributed by atoms with van der Waals surface area (Å²) >= 11 is 1.38. The lowest BCUT2D eigenvalue weighted by molar-refractivity contribution is 0.0687. The number of carboxylic acids is 1. The number of aromatic carboxylic acids is 1. The van der Waals surface area contributed by atoms with E-state index in [9.17, 15) is 23.5 Å². The van der Waals surface area contributed by atoms with E-state index in [-0.39, 0.29) is 28.9 Å². The predicted octanol–water partition coefficient (Wildman–Crippen LogP) is 4.63. The number of rotatable bonds is 4. The Bertz CT molecular complexity index is 1550. The van der Waals surface area contributed by atoms with Gasteiger partial charge in [0, 0.05) is 22.7 Å². The molecular weight excluding hydrogens is 424 g/mol. The van der Waals surface area contributed by atoms with Crippen LogP contribution in [0, 0.1) is 11.6 Å². The molecule has 3 heterocycles. The van der Waals surface area contributed by atoms with Crippen LogP contribution in [0.4, 0.5) is 8.78 Å². The number of hydrogen-bond acceptors (Lipinski definition) is 4. The van der Waals surface area contributed by atoms with Gasteiger partial charge in [-0.05, 0) is 42.5 Å². The second-order valence-corrected chi connectivity index (χ2v) is 7.81. The molecular formula is C22H13F2N3O3S. The molecule has 0 aliphatic heterocycles. The number of nitrogens with one attached hydrogen (secondary N) is 1. The van der Waals surface area contributed by atoms with Crippen LogP contribution in [0.2, 0.25) is 0 Å². The Balaban J connectivity index is 1.93. The summed E-state index contributed by atoms with van der Waals surface area (Å²) in [7, 11) is 0. The molecule has 2 aromatic carbocycles. The lowest BCUT2D eigenvalue weighted by Crippen LogP contribution is -2.14. The highest BCUT2D eigenvalue weighted by molar-refractivity contribution is 7.16. The van der Waals surface area contributed by atoms with Crippen molar-refractivity contribution in [2.45, 2.75) is 6.54 Å². The summed E-state index contributed by atoms with van der Waals surface area (Å²) in [5.41, 5.74) is 2.31. The topological polar surface area (TPSA) is 88.0 Å². The van der Waals surface area contributed by atoms with Crippen molar-refractivity contribution >= 4 is 38.4 Å². The van der Waals surface area contributed by atoms with Crippen LogP contribution in [0.15, 0.2) is 59.0 Å². The number of pyridine rings is 1. The molecule has 0 bridgehead atoms. The summed E-state index contributed by atoms with van der Waals surface area (Å²) in [4.78, 5) is 31.9. The van der Waals surface area contributed by atoms with Gasteiger partial charge in [-0.1, -0.05) is 0 Å². The average molecular weight is 437 g/mol. The number of carbonyl (C=O) groups is 1. The van der Waals surface area contributed by atoms with Gasteiger partial charge in [-0.15, -0.1) is 11.3 Å². The molecule has 0 fully saturated rings. The van der Waals surface area contributed by atoms with Crippen LogP contribution in [0.5, 0.6) is 0 Å². The molecule has 154 valence electrons. The molecule has 5 aromatic rings. The maximum Gasteiger partial charge on any atom is 0.353 e.